The van der Waals surface area contributed by atoms with Crippen LogP contribution in [0.1, 0.15) is 28.7 Å². The highest BCUT2D eigenvalue weighted by atomic mass is 35.5. The van der Waals surface area contributed by atoms with Gasteiger partial charge in [0.1, 0.15) is 0 Å². The van der Waals surface area contributed by atoms with E-state index in [0.29, 0.717) is 0 Å². The lowest BCUT2D eigenvalue weighted by atomic mass is 10.0. The van der Waals surface area contributed by atoms with Gasteiger partial charge >= 0.3 is 0 Å². The number of benzene rings is 4. The lowest BCUT2D eigenvalue weighted by molar-refractivity contribution is 0.791. The number of hydrogen-bond donors (Lipinski definition) is 0. The van der Waals surface area contributed by atoms with Crippen molar-refractivity contribution in [3.8, 4) is 11.8 Å². The molecule has 0 amide bonds. The largest absolute Gasteiger partial charge is 0.258 e. The third-order valence-electron chi connectivity index (χ3n) is 5.67. The van der Waals surface area contributed by atoms with E-state index in [1.165, 1.54) is 0 Å². The van der Waals surface area contributed by atoms with E-state index in [9.17, 15) is 0 Å². The minimum atomic E-state index is 0.119. The monoisotopic (exact) mass is 458 g/mol. The molecular formula is C31H23ClN2. The van der Waals surface area contributed by atoms with Crippen molar-refractivity contribution in [2.75, 3.05) is 5.01 Å². The van der Waals surface area contributed by atoms with Crippen LogP contribution in [0.5, 0.6) is 0 Å². The fourth-order valence-corrected chi connectivity index (χ4v) is 4.13. The fraction of sp³-hybridized carbons (Fsp3) is 0.0645. The van der Waals surface area contributed by atoms with Gasteiger partial charge in [0, 0.05) is 22.6 Å². The first-order valence-electron chi connectivity index (χ1n) is 11.3. The summed E-state index contributed by atoms with van der Waals surface area (Å²) >= 11 is 6.16. The first-order valence-corrected chi connectivity index (χ1v) is 11.7. The second kappa shape index (κ2) is 10.3. The van der Waals surface area contributed by atoms with Crippen LogP contribution in [-0.4, -0.2) is 11.8 Å². The molecule has 1 heterocycles. The number of hydrogen-bond acceptors (Lipinski definition) is 2. The molecule has 0 saturated carbocycles. The molecule has 3 heteroatoms. The molecule has 0 saturated heterocycles. The smallest absolute Gasteiger partial charge is 0.0765 e. The zero-order valence-corrected chi connectivity index (χ0v) is 19.4. The lowest BCUT2D eigenvalue weighted by Gasteiger charge is -2.20. The van der Waals surface area contributed by atoms with Gasteiger partial charge in [-0.25, -0.2) is 0 Å². The van der Waals surface area contributed by atoms with E-state index in [1.54, 1.807) is 0 Å². The summed E-state index contributed by atoms with van der Waals surface area (Å²) in [5.74, 6) is 6.46. The molecule has 0 aromatic heterocycles. The van der Waals surface area contributed by atoms with Crippen LogP contribution in [0, 0.1) is 11.8 Å². The summed E-state index contributed by atoms with van der Waals surface area (Å²) < 4.78 is 0. The maximum Gasteiger partial charge on any atom is 0.0765 e. The maximum atomic E-state index is 6.16. The van der Waals surface area contributed by atoms with E-state index in [-0.39, 0.29) is 6.04 Å². The first-order chi connectivity index (χ1) is 16.7. The Balaban J connectivity index is 1.38. The van der Waals surface area contributed by atoms with Crippen LogP contribution in [0.3, 0.4) is 0 Å². The van der Waals surface area contributed by atoms with Crippen LogP contribution in [0.15, 0.2) is 120 Å². The van der Waals surface area contributed by atoms with Crippen molar-refractivity contribution in [2.24, 2.45) is 5.10 Å². The van der Waals surface area contributed by atoms with Gasteiger partial charge in [-0.1, -0.05) is 96.3 Å². The minimum Gasteiger partial charge on any atom is -0.258 e. The topological polar surface area (TPSA) is 15.6 Å². The summed E-state index contributed by atoms with van der Waals surface area (Å²) in [6.45, 7) is 0. The zero-order valence-electron chi connectivity index (χ0n) is 18.6. The summed E-state index contributed by atoms with van der Waals surface area (Å²) in [6, 6.07) is 36.7. The van der Waals surface area contributed by atoms with Crippen molar-refractivity contribution in [3.05, 3.63) is 143 Å². The van der Waals surface area contributed by atoms with Crippen LogP contribution in [0.4, 0.5) is 5.69 Å². The number of anilines is 1. The fourth-order valence-electron chi connectivity index (χ4n) is 3.93. The Labute approximate surface area is 205 Å². The average molecular weight is 459 g/mol. The molecule has 0 bridgehead atoms. The molecule has 4 aromatic rings. The molecule has 0 radical (unpaired) electrons. The molecule has 1 atom stereocenters. The maximum absolute atomic E-state index is 6.16. The summed E-state index contributed by atoms with van der Waals surface area (Å²) in [6.07, 6.45) is 5.14. The number of para-hydroxylation sites is 1. The van der Waals surface area contributed by atoms with E-state index in [0.717, 1.165) is 45.1 Å². The van der Waals surface area contributed by atoms with Crippen molar-refractivity contribution in [1.82, 2.24) is 0 Å². The Hall–Kier alpha value is -4.06. The Morgan fingerprint density at radius 2 is 1.44 bits per heavy atom. The molecule has 1 aliphatic heterocycles. The van der Waals surface area contributed by atoms with Crippen LogP contribution < -0.4 is 5.01 Å². The molecule has 4 aromatic carbocycles. The predicted molar refractivity (Wildman–Crippen MR) is 143 cm³/mol. The van der Waals surface area contributed by atoms with Crippen molar-refractivity contribution in [1.29, 1.82) is 0 Å². The quantitative estimate of drug-likeness (QED) is 0.290. The highest BCUT2D eigenvalue weighted by molar-refractivity contribution is 6.30. The number of nitrogens with zero attached hydrogens (tertiary/aromatic N) is 2. The third-order valence-corrected chi connectivity index (χ3v) is 5.90. The summed E-state index contributed by atoms with van der Waals surface area (Å²) in [5.41, 5.74) is 6.33. The third kappa shape index (κ3) is 5.29. The van der Waals surface area contributed by atoms with E-state index >= 15 is 0 Å². The normalized spacial score (nSPS) is 15.1. The van der Waals surface area contributed by atoms with Gasteiger partial charge in [-0.2, -0.15) is 5.10 Å². The van der Waals surface area contributed by atoms with Gasteiger partial charge in [-0.15, -0.1) is 0 Å². The minimum absolute atomic E-state index is 0.119. The van der Waals surface area contributed by atoms with Gasteiger partial charge in [-0.3, -0.25) is 5.01 Å². The Morgan fingerprint density at radius 3 is 2.15 bits per heavy atom. The Morgan fingerprint density at radius 1 is 0.765 bits per heavy atom. The standard InChI is InChI=1S/C31H23ClN2/c32-28-11-7-10-26(22-28)18-21-30-23-31(33-34(30)29-12-5-2-6-13-29)27-19-16-25(17-20-27)15-14-24-8-3-1-4-9-24/h1-13,16-22,30H,23H2. The van der Waals surface area contributed by atoms with Gasteiger partial charge in [0.05, 0.1) is 17.4 Å². The molecule has 164 valence electrons. The second-order valence-electron chi connectivity index (χ2n) is 8.11. The summed E-state index contributed by atoms with van der Waals surface area (Å²) in [7, 11) is 0. The molecule has 2 nitrogen and oxygen atoms in total. The molecule has 0 fully saturated rings. The van der Waals surface area contributed by atoms with Crippen molar-refractivity contribution >= 4 is 29.1 Å². The molecule has 0 N–H and O–H groups in total. The van der Waals surface area contributed by atoms with E-state index in [2.05, 4.69) is 71.5 Å². The highest BCUT2D eigenvalue weighted by Gasteiger charge is 2.26. The molecule has 0 aliphatic carbocycles. The predicted octanol–water partition coefficient (Wildman–Crippen LogP) is 7.44. The van der Waals surface area contributed by atoms with Crippen molar-refractivity contribution < 1.29 is 0 Å². The highest BCUT2D eigenvalue weighted by Crippen LogP contribution is 2.28. The van der Waals surface area contributed by atoms with Crippen LogP contribution in [0.2, 0.25) is 5.02 Å². The molecule has 34 heavy (non-hydrogen) atoms. The Kier molecular flexibility index (Phi) is 6.56. The van der Waals surface area contributed by atoms with E-state index in [4.69, 9.17) is 16.7 Å². The molecular weight excluding hydrogens is 436 g/mol. The number of hydrazone groups is 1. The molecule has 1 aliphatic rings. The van der Waals surface area contributed by atoms with Crippen LogP contribution >= 0.6 is 11.6 Å². The van der Waals surface area contributed by atoms with Crippen LogP contribution in [-0.2, 0) is 0 Å². The first kappa shape index (κ1) is 21.8. The molecule has 5 rings (SSSR count). The lowest BCUT2D eigenvalue weighted by Crippen LogP contribution is -2.23. The number of rotatable bonds is 4. The van der Waals surface area contributed by atoms with Gasteiger partial charge in [0.2, 0.25) is 0 Å². The summed E-state index contributed by atoms with van der Waals surface area (Å²) in [4.78, 5) is 0. The molecule has 1 unspecified atom stereocenters. The van der Waals surface area contributed by atoms with Gasteiger partial charge in [0.25, 0.3) is 0 Å². The van der Waals surface area contributed by atoms with Crippen LogP contribution in [0.25, 0.3) is 6.08 Å². The van der Waals surface area contributed by atoms with Gasteiger partial charge < -0.3 is 0 Å². The van der Waals surface area contributed by atoms with Gasteiger partial charge in [0.15, 0.2) is 0 Å². The second-order valence-corrected chi connectivity index (χ2v) is 8.54. The average Bonchev–Trinajstić information content (AvgIpc) is 3.32. The van der Waals surface area contributed by atoms with E-state index in [1.807, 2.05) is 66.7 Å². The summed E-state index contributed by atoms with van der Waals surface area (Å²) in [5, 5.41) is 7.83. The van der Waals surface area contributed by atoms with Crippen molar-refractivity contribution in [2.45, 2.75) is 12.5 Å². The van der Waals surface area contributed by atoms with Gasteiger partial charge in [-0.05, 0) is 59.7 Å². The zero-order chi connectivity index (χ0) is 23.2. The van der Waals surface area contributed by atoms with Crippen molar-refractivity contribution in [3.63, 3.8) is 0 Å². The molecule has 0 spiro atoms. The Bertz CT molecular complexity index is 1380. The number of halogens is 1. The van der Waals surface area contributed by atoms with E-state index < -0.39 is 0 Å². The SMILES string of the molecule is Clc1cccc(C=CC2CC(c3ccc(C#Cc4ccccc4)cc3)=NN2c2ccccc2)c1.